The smallest absolute Gasteiger partial charge is 0.214 e. The predicted molar refractivity (Wildman–Crippen MR) is 64.6 cm³/mol. The van der Waals surface area contributed by atoms with E-state index in [1.807, 2.05) is 0 Å². The van der Waals surface area contributed by atoms with Crippen LogP contribution in [0.2, 0.25) is 5.02 Å². The summed E-state index contributed by atoms with van der Waals surface area (Å²) in [7, 11) is 3.23. The third-order valence-electron chi connectivity index (χ3n) is 2.46. The van der Waals surface area contributed by atoms with Crippen LogP contribution in [0.25, 0.3) is 0 Å². The molecule has 0 saturated carbocycles. The lowest BCUT2D eigenvalue weighted by molar-refractivity contribution is 0.102. The molecule has 0 aliphatic rings. The minimum atomic E-state index is -0.163. The molecule has 1 heterocycles. The van der Waals surface area contributed by atoms with Crippen molar-refractivity contribution in [3.63, 3.8) is 0 Å². The zero-order chi connectivity index (χ0) is 12.4. The van der Waals surface area contributed by atoms with Gasteiger partial charge in [0.15, 0.2) is 0 Å². The summed E-state index contributed by atoms with van der Waals surface area (Å²) in [5.74, 6) is 0.338. The summed E-state index contributed by atoms with van der Waals surface area (Å²) in [4.78, 5) is 12.3. The fourth-order valence-electron chi connectivity index (χ4n) is 1.59. The Labute approximate surface area is 104 Å². The summed E-state index contributed by atoms with van der Waals surface area (Å²) in [5, 5.41) is 4.46. The highest BCUT2D eigenvalue weighted by Crippen LogP contribution is 2.24. The van der Waals surface area contributed by atoms with Crippen LogP contribution in [0, 0.1) is 0 Å². The predicted octanol–water partition coefficient (Wildman–Crippen LogP) is 2.31. The van der Waals surface area contributed by atoms with Crippen LogP contribution in [-0.2, 0) is 7.05 Å². The van der Waals surface area contributed by atoms with Gasteiger partial charge in [-0.1, -0.05) is 11.6 Å². The van der Waals surface area contributed by atoms with Gasteiger partial charge in [-0.2, -0.15) is 5.10 Å². The van der Waals surface area contributed by atoms with Crippen molar-refractivity contribution in [3.05, 3.63) is 46.7 Å². The minimum Gasteiger partial charge on any atom is -0.496 e. The van der Waals surface area contributed by atoms with Crippen LogP contribution < -0.4 is 4.74 Å². The van der Waals surface area contributed by atoms with Crippen LogP contribution in [0.4, 0.5) is 0 Å². The molecule has 0 unspecified atom stereocenters. The van der Waals surface area contributed by atoms with Gasteiger partial charge in [0.25, 0.3) is 0 Å². The van der Waals surface area contributed by atoms with Crippen LogP contribution in [0.1, 0.15) is 16.1 Å². The van der Waals surface area contributed by atoms with Crippen molar-refractivity contribution in [2.45, 2.75) is 0 Å². The number of rotatable bonds is 3. The average molecular weight is 251 g/mol. The molecule has 1 aromatic heterocycles. The van der Waals surface area contributed by atoms with Crippen molar-refractivity contribution in [2.24, 2.45) is 7.05 Å². The number of halogens is 1. The van der Waals surface area contributed by atoms with Gasteiger partial charge in [0.05, 0.1) is 12.7 Å². The number of methoxy groups -OCH3 is 1. The first-order chi connectivity index (χ1) is 8.13. The normalized spacial score (nSPS) is 10.3. The number of carbonyl (C=O) groups excluding carboxylic acids is 1. The average Bonchev–Trinajstić information content (AvgIpc) is 2.74. The Hall–Kier alpha value is -1.81. The molecule has 88 valence electrons. The number of hydrogen-bond donors (Lipinski definition) is 0. The van der Waals surface area contributed by atoms with E-state index >= 15 is 0 Å². The lowest BCUT2D eigenvalue weighted by Crippen LogP contribution is -2.09. The molecule has 0 atom stereocenters. The van der Waals surface area contributed by atoms with Gasteiger partial charge in [-0.15, -0.1) is 0 Å². The van der Waals surface area contributed by atoms with Crippen LogP contribution in [0.15, 0.2) is 30.5 Å². The SMILES string of the molecule is COc1ccc(Cl)cc1C(=O)c1ccnn1C. The summed E-state index contributed by atoms with van der Waals surface area (Å²) in [5.41, 5.74) is 0.925. The summed E-state index contributed by atoms with van der Waals surface area (Å²) in [6.07, 6.45) is 1.57. The van der Waals surface area contributed by atoms with Crippen molar-refractivity contribution >= 4 is 17.4 Å². The first-order valence-corrected chi connectivity index (χ1v) is 5.37. The summed E-state index contributed by atoms with van der Waals surface area (Å²) >= 11 is 5.89. The molecule has 0 fully saturated rings. The second-order valence-corrected chi connectivity index (χ2v) is 3.95. The monoisotopic (exact) mass is 250 g/mol. The van der Waals surface area contributed by atoms with Crippen molar-refractivity contribution in [1.82, 2.24) is 9.78 Å². The molecule has 5 heteroatoms. The maximum atomic E-state index is 12.3. The first kappa shape index (κ1) is 11.7. The van der Waals surface area contributed by atoms with Crippen LogP contribution in [-0.4, -0.2) is 22.7 Å². The molecule has 2 aromatic rings. The Morgan fingerprint density at radius 1 is 1.41 bits per heavy atom. The summed E-state index contributed by atoms with van der Waals surface area (Å²) in [6, 6.07) is 6.60. The zero-order valence-corrected chi connectivity index (χ0v) is 10.2. The number of benzene rings is 1. The van der Waals surface area contributed by atoms with Gasteiger partial charge in [-0.05, 0) is 24.3 Å². The molecule has 0 aliphatic carbocycles. The van der Waals surface area contributed by atoms with Crippen molar-refractivity contribution in [2.75, 3.05) is 7.11 Å². The first-order valence-electron chi connectivity index (χ1n) is 4.99. The molecule has 0 spiro atoms. The van der Waals surface area contributed by atoms with E-state index in [2.05, 4.69) is 5.10 Å². The van der Waals surface area contributed by atoms with Crippen LogP contribution >= 0.6 is 11.6 Å². The van der Waals surface area contributed by atoms with E-state index < -0.39 is 0 Å². The molecule has 0 bridgehead atoms. The van der Waals surface area contributed by atoms with E-state index in [-0.39, 0.29) is 5.78 Å². The molecule has 0 saturated heterocycles. The third kappa shape index (κ3) is 2.17. The van der Waals surface area contributed by atoms with E-state index in [9.17, 15) is 4.79 Å². The molecule has 17 heavy (non-hydrogen) atoms. The Morgan fingerprint density at radius 2 is 2.18 bits per heavy atom. The van der Waals surface area contributed by atoms with E-state index in [1.165, 1.54) is 11.8 Å². The molecule has 0 radical (unpaired) electrons. The van der Waals surface area contributed by atoms with Gasteiger partial charge in [-0.25, -0.2) is 0 Å². The maximum Gasteiger partial charge on any atom is 0.214 e. The highest BCUT2D eigenvalue weighted by molar-refractivity contribution is 6.31. The number of hydrogen-bond acceptors (Lipinski definition) is 3. The van der Waals surface area contributed by atoms with Crippen molar-refractivity contribution in [1.29, 1.82) is 0 Å². The Bertz CT molecular complexity index is 563. The number of aryl methyl sites for hydroxylation is 1. The topological polar surface area (TPSA) is 44.1 Å². The number of ketones is 1. The van der Waals surface area contributed by atoms with Gasteiger partial charge in [0.1, 0.15) is 11.4 Å². The molecular weight excluding hydrogens is 240 g/mol. The quantitative estimate of drug-likeness (QED) is 0.786. The Kier molecular flexibility index (Phi) is 3.15. The fraction of sp³-hybridized carbons (Fsp3) is 0.167. The number of nitrogens with zero attached hydrogens (tertiary/aromatic N) is 2. The third-order valence-corrected chi connectivity index (χ3v) is 2.69. The second kappa shape index (κ2) is 4.59. The van der Waals surface area contributed by atoms with Gasteiger partial charge in [0.2, 0.25) is 5.78 Å². The zero-order valence-electron chi connectivity index (χ0n) is 9.48. The van der Waals surface area contributed by atoms with E-state index in [4.69, 9.17) is 16.3 Å². The van der Waals surface area contributed by atoms with Crippen LogP contribution in [0.3, 0.4) is 0 Å². The van der Waals surface area contributed by atoms with E-state index in [0.29, 0.717) is 22.0 Å². The number of ether oxygens (including phenoxy) is 1. The van der Waals surface area contributed by atoms with E-state index in [0.717, 1.165) is 0 Å². The van der Waals surface area contributed by atoms with Gasteiger partial charge in [0, 0.05) is 18.3 Å². The highest BCUT2D eigenvalue weighted by atomic mass is 35.5. The minimum absolute atomic E-state index is 0.163. The largest absolute Gasteiger partial charge is 0.496 e. The summed E-state index contributed by atoms with van der Waals surface area (Å²) in [6.45, 7) is 0. The standard InChI is InChI=1S/C12H11ClN2O2/c1-15-10(5-6-14-15)12(16)9-7-8(13)3-4-11(9)17-2/h3-7H,1-2H3. The highest BCUT2D eigenvalue weighted by Gasteiger charge is 2.17. The molecule has 0 N–H and O–H groups in total. The number of carbonyl (C=O) groups is 1. The Morgan fingerprint density at radius 3 is 2.76 bits per heavy atom. The van der Waals surface area contributed by atoms with Crippen molar-refractivity contribution < 1.29 is 9.53 Å². The molecule has 4 nitrogen and oxygen atoms in total. The molecule has 1 aromatic carbocycles. The van der Waals surface area contributed by atoms with E-state index in [1.54, 1.807) is 37.5 Å². The lowest BCUT2D eigenvalue weighted by Gasteiger charge is -2.08. The molecule has 0 aliphatic heterocycles. The van der Waals surface area contributed by atoms with Crippen LogP contribution in [0.5, 0.6) is 5.75 Å². The van der Waals surface area contributed by atoms with Gasteiger partial charge in [-0.3, -0.25) is 9.48 Å². The fourth-order valence-corrected chi connectivity index (χ4v) is 1.76. The molecule has 2 rings (SSSR count). The Balaban J connectivity index is 2.50. The number of aromatic nitrogens is 2. The maximum absolute atomic E-state index is 12.3. The van der Waals surface area contributed by atoms with Crippen molar-refractivity contribution in [3.8, 4) is 5.75 Å². The summed E-state index contributed by atoms with van der Waals surface area (Å²) < 4.78 is 6.67. The second-order valence-electron chi connectivity index (χ2n) is 3.51. The van der Waals surface area contributed by atoms with Gasteiger partial charge < -0.3 is 4.74 Å². The molecule has 0 amide bonds. The lowest BCUT2D eigenvalue weighted by atomic mass is 10.1. The van der Waals surface area contributed by atoms with Gasteiger partial charge >= 0.3 is 0 Å². The molecular formula is C12H11ClN2O2.